The molecule has 0 unspecified atom stereocenters. The summed E-state index contributed by atoms with van der Waals surface area (Å²) in [7, 11) is 3.39. The Kier molecular flexibility index (Phi) is 6.83. The van der Waals surface area contributed by atoms with E-state index in [0.29, 0.717) is 24.5 Å². The van der Waals surface area contributed by atoms with E-state index < -0.39 is 0 Å². The van der Waals surface area contributed by atoms with Crippen LogP contribution < -0.4 is 9.47 Å². The van der Waals surface area contributed by atoms with Crippen molar-refractivity contribution in [1.82, 2.24) is 0 Å². The van der Waals surface area contributed by atoms with Crippen LogP contribution in [0.5, 0.6) is 11.5 Å². The summed E-state index contributed by atoms with van der Waals surface area (Å²) in [6.45, 7) is 6.83. The number of nitrogens with zero attached hydrogens (tertiary/aromatic N) is 2. The first-order valence-corrected chi connectivity index (χ1v) is 11.6. The third-order valence-electron chi connectivity index (χ3n) is 6.40. The predicted molar refractivity (Wildman–Crippen MR) is 130 cm³/mol. The molecule has 0 radical (unpaired) electrons. The summed E-state index contributed by atoms with van der Waals surface area (Å²) in [5, 5.41) is 4.32. The topological polar surface area (TPSA) is 52.4 Å². The third kappa shape index (κ3) is 4.52. The number of fused-ring (bicyclic) bond motifs is 3. The molecule has 5 nitrogen and oxygen atoms in total. The standard InChI is InChI=1S/C27H34N2O3/c1-17(2)16-32-29-18(3)19-9-8-10-20(13-19)27-23-15-26(31-5)25(30-4)14-22(23)21-11-6-7-12-24(21)28-27/h8-10,13-15,17,21,24H,6-7,11-12,16H2,1-5H3/t21-,24-/m1/s1. The lowest BCUT2D eigenvalue weighted by atomic mass is 9.75. The Balaban J connectivity index is 1.76. The van der Waals surface area contributed by atoms with E-state index >= 15 is 0 Å². The maximum Gasteiger partial charge on any atom is 0.161 e. The molecule has 2 aromatic carbocycles. The Bertz CT molecular complexity index is 1030. The number of benzene rings is 2. The number of methoxy groups -OCH3 is 2. The van der Waals surface area contributed by atoms with Crippen molar-refractivity contribution in [3.63, 3.8) is 0 Å². The molecule has 1 saturated carbocycles. The number of hydrogen-bond donors (Lipinski definition) is 0. The van der Waals surface area contributed by atoms with Gasteiger partial charge in [0.1, 0.15) is 6.61 Å². The monoisotopic (exact) mass is 434 g/mol. The van der Waals surface area contributed by atoms with E-state index in [4.69, 9.17) is 19.3 Å². The molecule has 0 saturated heterocycles. The van der Waals surface area contributed by atoms with Gasteiger partial charge in [-0.1, -0.05) is 50.0 Å². The van der Waals surface area contributed by atoms with Crippen LogP contribution >= 0.6 is 0 Å². The average molecular weight is 435 g/mol. The summed E-state index contributed by atoms with van der Waals surface area (Å²) < 4.78 is 11.3. The minimum atomic E-state index is 0.317. The molecule has 4 rings (SSSR count). The largest absolute Gasteiger partial charge is 0.493 e. The van der Waals surface area contributed by atoms with Crippen LogP contribution in [0.1, 0.15) is 74.6 Å². The van der Waals surface area contributed by atoms with Crippen LogP contribution in [0.4, 0.5) is 0 Å². The number of ether oxygens (including phenoxy) is 2. The van der Waals surface area contributed by atoms with E-state index in [1.807, 2.05) is 6.92 Å². The molecule has 0 aromatic heterocycles. The van der Waals surface area contributed by atoms with Gasteiger partial charge < -0.3 is 14.3 Å². The quantitative estimate of drug-likeness (QED) is 0.398. The smallest absolute Gasteiger partial charge is 0.161 e. The Morgan fingerprint density at radius 1 is 1.06 bits per heavy atom. The normalized spacial score (nSPS) is 20.3. The Morgan fingerprint density at radius 2 is 1.81 bits per heavy atom. The SMILES string of the molecule is COc1cc2c(cc1OC)[C@H]1CCCC[C@H]1N=C2c1cccc(C(C)=NOCC(C)C)c1. The molecule has 32 heavy (non-hydrogen) atoms. The zero-order valence-corrected chi connectivity index (χ0v) is 19.9. The minimum Gasteiger partial charge on any atom is -0.493 e. The number of aliphatic imine (C=N–C) groups is 1. The molecule has 1 aliphatic carbocycles. The molecule has 0 amide bonds. The molecular weight excluding hydrogens is 400 g/mol. The minimum absolute atomic E-state index is 0.317. The molecule has 5 heteroatoms. The van der Waals surface area contributed by atoms with Crippen molar-refractivity contribution in [3.05, 3.63) is 58.7 Å². The van der Waals surface area contributed by atoms with Gasteiger partial charge in [-0.05, 0) is 55.0 Å². The second kappa shape index (κ2) is 9.76. The highest BCUT2D eigenvalue weighted by molar-refractivity contribution is 6.16. The fourth-order valence-corrected chi connectivity index (χ4v) is 4.73. The molecule has 170 valence electrons. The Hall–Kier alpha value is -2.82. The van der Waals surface area contributed by atoms with Crippen LogP contribution in [-0.4, -0.2) is 38.3 Å². The van der Waals surface area contributed by atoms with Crippen LogP contribution in [0.15, 0.2) is 46.5 Å². The van der Waals surface area contributed by atoms with E-state index in [-0.39, 0.29) is 0 Å². The van der Waals surface area contributed by atoms with E-state index in [1.54, 1.807) is 14.2 Å². The summed E-state index contributed by atoms with van der Waals surface area (Å²) in [5.41, 5.74) is 6.51. The van der Waals surface area contributed by atoms with Gasteiger partial charge in [0, 0.05) is 17.0 Å². The highest BCUT2D eigenvalue weighted by Crippen LogP contribution is 2.44. The lowest BCUT2D eigenvalue weighted by Crippen LogP contribution is -2.29. The van der Waals surface area contributed by atoms with Crippen molar-refractivity contribution < 1.29 is 14.3 Å². The molecule has 0 bridgehead atoms. The second-order valence-corrected chi connectivity index (χ2v) is 9.18. The van der Waals surface area contributed by atoms with Gasteiger partial charge in [0.05, 0.1) is 31.7 Å². The number of rotatable bonds is 7. The van der Waals surface area contributed by atoms with Crippen molar-refractivity contribution in [2.75, 3.05) is 20.8 Å². The summed E-state index contributed by atoms with van der Waals surface area (Å²) >= 11 is 0. The van der Waals surface area contributed by atoms with E-state index in [0.717, 1.165) is 46.0 Å². The maximum atomic E-state index is 5.63. The average Bonchev–Trinajstić information content (AvgIpc) is 2.82. The van der Waals surface area contributed by atoms with Gasteiger partial charge in [-0.25, -0.2) is 0 Å². The van der Waals surface area contributed by atoms with E-state index in [1.165, 1.54) is 24.8 Å². The van der Waals surface area contributed by atoms with Gasteiger partial charge in [-0.15, -0.1) is 0 Å². The Morgan fingerprint density at radius 3 is 2.56 bits per heavy atom. The molecule has 2 aromatic rings. The predicted octanol–water partition coefficient (Wildman–Crippen LogP) is 5.98. The molecule has 0 N–H and O–H groups in total. The van der Waals surface area contributed by atoms with Gasteiger partial charge in [-0.2, -0.15) is 0 Å². The van der Waals surface area contributed by atoms with Crippen LogP contribution in [0.3, 0.4) is 0 Å². The summed E-state index contributed by atoms with van der Waals surface area (Å²) in [4.78, 5) is 10.8. The van der Waals surface area contributed by atoms with Crippen molar-refractivity contribution in [2.45, 2.75) is 58.4 Å². The first-order chi connectivity index (χ1) is 15.5. The van der Waals surface area contributed by atoms with Crippen molar-refractivity contribution >= 4 is 11.4 Å². The number of oxime groups is 1. The van der Waals surface area contributed by atoms with Crippen LogP contribution in [0, 0.1) is 5.92 Å². The summed E-state index contributed by atoms with van der Waals surface area (Å²) in [5.74, 6) is 2.42. The van der Waals surface area contributed by atoms with Gasteiger partial charge in [-0.3, -0.25) is 4.99 Å². The Labute approximate surface area is 191 Å². The van der Waals surface area contributed by atoms with Crippen LogP contribution in [0.25, 0.3) is 0 Å². The summed E-state index contributed by atoms with van der Waals surface area (Å²) in [6.07, 6.45) is 4.79. The zero-order chi connectivity index (χ0) is 22.7. The maximum absolute atomic E-state index is 5.63. The summed E-state index contributed by atoms with van der Waals surface area (Å²) in [6, 6.07) is 13.0. The van der Waals surface area contributed by atoms with E-state index in [9.17, 15) is 0 Å². The first kappa shape index (κ1) is 22.4. The van der Waals surface area contributed by atoms with Crippen molar-refractivity contribution in [2.24, 2.45) is 16.1 Å². The fourth-order valence-electron chi connectivity index (χ4n) is 4.73. The molecule has 1 aliphatic heterocycles. The van der Waals surface area contributed by atoms with Crippen LogP contribution in [0.2, 0.25) is 0 Å². The number of hydrogen-bond acceptors (Lipinski definition) is 5. The van der Waals surface area contributed by atoms with Crippen molar-refractivity contribution in [1.29, 1.82) is 0 Å². The highest BCUT2D eigenvalue weighted by atomic mass is 16.6. The van der Waals surface area contributed by atoms with Gasteiger partial charge in [0.2, 0.25) is 0 Å². The molecule has 0 spiro atoms. The van der Waals surface area contributed by atoms with Gasteiger partial charge in [0.25, 0.3) is 0 Å². The van der Waals surface area contributed by atoms with Crippen molar-refractivity contribution in [3.8, 4) is 11.5 Å². The zero-order valence-electron chi connectivity index (χ0n) is 19.9. The fraction of sp³-hybridized carbons (Fsp3) is 0.481. The molecule has 1 fully saturated rings. The van der Waals surface area contributed by atoms with Gasteiger partial charge in [0.15, 0.2) is 11.5 Å². The molecule has 1 heterocycles. The highest BCUT2D eigenvalue weighted by Gasteiger charge is 2.34. The molecular formula is C27H34N2O3. The second-order valence-electron chi connectivity index (χ2n) is 9.18. The molecule has 2 atom stereocenters. The lowest BCUT2D eigenvalue weighted by Gasteiger charge is -2.35. The molecule has 2 aliphatic rings. The third-order valence-corrected chi connectivity index (χ3v) is 6.40. The van der Waals surface area contributed by atoms with Crippen LogP contribution in [-0.2, 0) is 4.84 Å². The lowest BCUT2D eigenvalue weighted by molar-refractivity contribution is 0.118. The first-order valence-electron chi connectivity index (χ1n) is 11.6. The van der Waals surface area contributed by atoms with Gasteiger partial charge >= 0.3 is 0 Å². The van der Waals surface area contributed by atoms with E-state index in [2.05, 4.69) is 55.4 Å².